The summed E-state index contributed by atoms with van der Waals surface area (Å²) in [5, 5.41) is 0. The van der Waals surface area contributed by atoms with Gasteiger partial charge in [-0.15, -0.1) is 0 Å². The molecule has 4 unspecified atom stereocenters. The first kappa shape index (κ1) is 10.9. The lowest BCUT2D eigenvalue weighted by molar-refractivity contribution is -0.0176. The van der Waals surface area contributed by atoms with Crippen molar-refractivity contribution < 1.29 is 0 Å². The van der Waals surface area contributed by atoms with Crippen molar-refractivity contribution in [2.75, 3.05) is 0 Å². The van der Waals surface area contributed by atoms with Gasteiger partial charge < -0.3 is 0 Å². The lowest BCUT2D eigenvalue weighted by Gasteiger charge is -2.50. The van der Waals surface area contributed by atoms with E-state index in [-0.39, 0.29) is 0 Å². The van der Waals surface area contributed by atoms with Crippen molar-refractivity contribution in [1.82, 2.24) is 0 Å². The van der Waals surface area contributed by atoms with Crippen LogP contribution in [0.1, 0.15) is 59.3 Å². The van der Waals surface area contributed by atoms with Gasteiger partial charge in [-0.25, -0.2) is 0 Å². The fourth-order valence-corrected chi connectivity index (χ4v) is 7.14. The molecule has 0 radical (unpaired) electrons. The van der Waals surface area contributed by atoms with Crippen LogP contribution in [0.3, 0.4) is 0 Å². The minimum atomic E-state index is 0.724. The highest BCUT2D eigenvalue weighted by molar-refractivity contribution is 5.11. The molecule has 0 amide bonds. The Labute approximate surface area is 107 Å². The topological polar surface area (TPSA) is 0 Å². The molecule has 4 saturated carbocycles. The van der Waals surface area contributed by atoms with Crippen molar-refractivity contribution >= 4 is 0 Å². The van der Waals surface area contributed by atoms with Crippen LogP contribution in [0, 0.1) is 46.8 Å². The van der Waals surface area contributed by atoms with Gasteiger partial charge >= 0.3 is 0 Å². The van der Waals surface area contributed by atoms with Gasteiger partial charge in [0.15, 0.2) is 0 Å². The van der Waals surface area contributed by atoms with E-state index in [1.807, 2.05) is 0 Å². The molecule has 0 aromatic heterocycles. The van der Waals surface area contributed by atoms with Crippen LogP contribution in [0.5, 0.6) is 0 Å². The van der Waals surface area contributed by atoms with Gasteiger partial charge in [-0.05, 0) is 85.4 Å². The summed E-state index contributed by atoms with van der Waals surface area (Å²) in [5.41, 5.74) is 0.724. The first-order valence-corrected chi connectivity index (χ1v) is 8.12. The molecule has 4 rings (SSSR count). The van der Waals surface area contributed by atoms with E-state index in [4.69, 9.17) is 0 Å². The third kappa shape index (κ3) is 1.16. The van der Waals surface area contributed by atoms with Gasteiger partial charge in [-0.1, -0.05) is 20.8 Å². The molecular formula is C17H28. The molecule has 0 heteroatoms. The maximum absolute atomic E-state index is 2.70. The Morgan fingerprint density at radius 3 is 2.12 bits per heavy atom. The standard InChI is InChI=1S/C17H28/c1-10-12-4-5-14(8-12)16(10)17(3)11(2)13-6-7-15(17)9-13/h10-16H,4-9H2,1-3H3/t10-,11-,12?,13?,14?,15?,16-,17-/m1/s1. The molecule has 17 heavy (non-hydrogen) atoms. The molecule has 0 nitrogen and oxygen atoms in total. The molecule has 0 aromatic carbocycles. The van der Waals surface area contributed by atoms with E-state index in [9.17, 15) is 0 Å². The second-order valence-corrected chi connectivity index (χ2v) is 8.14. The molecule has 0 aliphatic heterocycles. The van der Waals surface area contributed by atoms with Gasteiger partial charge in [0, 0.05) is 0 Å². The van der Waals surface area contributed by atoms with Crippen molar-refractivity contribution in [3.05, 3.63) is 0 Å². The highest BCUT2D eigenvalue weighted by Gasteiger charge is 2.62. The smallest absolute Gasteiger partial charge is 0.0236 e. The van der Waals surface area contributed by atoms with Gasteiger partial charge in [0.25, 0.3) is 0 Å². The summed E-state index contributed by atoms with van der Waals surface area (Å²) < 4.78 is 0. The van der Waals surface area contributed by atoms with Gasteiger partial charge in [0.2, 0.25) is 0 Å². The van der Waals surface area contributed by atoms with Gasteiger partial charge in [-0.2, -0.15) is 0 Å². The Hall–Kier alpha value is 0. The van der Waals surface area contributed by atoms with E-state index < -0.39 is 0 Å². The average Bonchev–Trinajstić information content (AvgIpc) is 3.03. The summed E-state index contributed by atoms with van der Waals surface area (Å²) in [6.07, 6.45) is 9.41. The Balaban J connectivity index is 1.70. The molecule has 0 heterocycles. The largest absolute Gasteiger partial charge is 0.0619 e. The molecule has 0 aromatic rings. The highest BCUT2D eigenvalue weighted by Crippen LogP contribution is 2.69. The highest BCUT2D eigenvalue weighted by atomic mass is 14.7. The summed E-state index contributed by atoms with van der Waals surface area (Å²) in [7, 11) is 0. The summed E-state index contributed by atoms with van der Waals surface area (Å²) in [4.78, 5) is 0. The Morgan fingerprint density at radius 1 is 0.824 bits per heavy atom. The van der Waals surface area contributed by atoms with Gasteiger partial charge in [-0.3, -0.25) is 0 Å². The van der Waals surface area contributed by atoms with Crippen LogP contribution < -0.4 is 0 Å². The van der Waals surface area contributed by atoms with Crippen molar-refractivity contribution in [1.29, 1.82) is 0 Å². The number of hydrogen-bond donors (Lipinski definition) is 0. The molecule has 96 valence electrons. The second kappa shape index (κ2) is 3.31. The van der Waals surface area contributed by atoms with Crippen LogP contribution in [0.25, 0.3) is 0 Å². The van der Waals surface area contributed by atoms with E-state index >= 15 is 0 Å². The molecular weight excluding hydrogens is 204 g/mol. The first-order valence-electron chi connectivity index (χ1n) is 8.12. The third-order valence-corrected chi connectivity index (χ3v) is 8.09. The zero-order chi connectivity index (χ0) is 11.8. The second-order valence-electron chi connectivity index (χ2n) is 8.14. The van der Waals surface area contributed by atoms with Crippen molar-refractivity contribution in [3.8, 4) is 0 Å². The van der Waals surface area contributed by atoms with E-state index in [1.165, 1.54) is 0 Å². The monoisotopic (exact) mass is 232 g/mol. The first-order chi connectivity index (χ1) is 8.12. The molecule has 0 N–H and O–H groups in total. The number of rotatable bonds is 1. The molecule has 4 bridgehead atoms. The van der Waals surface area contributed by atoms with Gasteiger partial charge in [0.05, 0.1) is 0 Å². The predicted octanol–water partition coefficient (Wildman–Crippen LogP) is 4.74. The van der Waals surface area contributed by atoms with E-state index in [0.717, 1.165) is 46.8 Å². The predicted molar refractivity (Wildman–Crippen MR) is 71.6 cm³/mol. The summed E-state index contributed by atoms with van der Waals surface area (Å²) >= 11 is 0. The lowest BCUT2D eigenvalue weighted by Crippen LogP contribution is -2.44. The zero-order valence-corrected chi connectivity index (χ0v) is 11.8. The van der Waals surface area contributed by atoms with Crippen LogP contribution in [0.15, 0.2) is 0 Å². The third-order valence-electron chi connectivity index (χ3n) is 8.09. The molecule has 8 atom stereocenters. The molecule has 4 aliphatic rings. The maximum atomic E-state index is 2.70. The minimum absolute atomic E-state index is 0.724. The quantitative estimate of drug-likeness (QED) is 0.612. The van der Waals surface area contributed by atoms with E-state index in [0.29, 0.717) is 0 Å². The van der Waals surface area contributed by atoms with Crippen LogP contribution >= 0.6 is 0 Å². The van der Waals surface area contributed by atoms with E-state index in [1.54, 1.807) is 38.5 Å². The SMILES string of the molecule is C[C@@H]1C2CCC(C2)[C@@H]1[C@@]1(C)C2CCC(C2)[C@H]1C. The maximum Gasteiger partial charge on any atom is -0.0236 e. The van der Waals surface area contributed by atoms with Crippen molar-refractivity contribution in [3.63, 3.8) is 0 Å². The van der Waals surface area contributed by atoms with Crippen LogP contribution in [-0.4, -0.2) is 0 Å². The Bertz CT molecular complexity index is 327. The zero-order valence-electron chi connectivity index (χ0n) is 11.8. The van der Waals surface area contributed by atoms with Crippen LogP contribution in [0.2, 0.25) is 0 Å². The Morgan fingerprint density at radius 2 is 1.53 bits per heavy atom. The molecule has 4 aliphatic carbocycles. The molecule has 4 fully saturated rings. The fourth-order valence-electron chi connectivity index (χ4n) is 7.14. The van der Waals surface area contributed by atoms with Gasteiger partial charge in [0.1, 0.15) is 0 Å². The summed E-state index contributed by atoms with van der Waals surface area (Å²) in [6.45, 7) is 7.89. The molecule has 0 spiro atoms. The van der Waals surface area contributed by atoms with Crippen molar-refractivity contribution in [2.24, 2.45) is 46.8 Å². The number of hydrogen-bond acceptors (Lipinski definition) is 0. The van der Waals surface area contributed by atoms with Crippen LogP contribution in [-0.2, 0) is 0 Å². The van der Waals surface area contributed by atoms with E-state index in [2.05, 4.69) is 20.8 Å². The number of fused-ring (bicyclic) bond motifs is 4. The summed E-state index contributed by atoms with van der Waals surface area (Å²) in [5.74, 6) is 7.56. The Kier molecular flexibility index (Phi) is 2.12. The summed E-state index contributed by atoms with van der Waals surface area (Å²) in [6, 6.07) is 0. The molecule has 0 saturated heterocycles. The van der Waals surface area contributed by atoms with Crippen LogP contribution in [0.4, 0.5) is 0 Å². The average molecular weight is 232 g/mol. The fraction of sp³-hybridized carbons (Fsp3) is 1.00. The van der Waals surface area contributed by atoms with Crippen molar-refractivity contribution in [2.45, 2.75) is 59.3 Å². The minimum Gasteiger partial charge on any atom is -0.0619 e. The lowest BCUT2D eigenvalue weighted by atomic mass is 9.55. The normalized spacial score (nSPS) is 64.8.